The highest BCUT2D eigenvalue weighted by Gasteiger charge is 2.40. The molecule has 0 aliphatic rings. The highest BCUT2D eigenvalue weighted by Crippen LogP contribution is 2.34. The van der Waals surface area contributed by atoms with Gasteiger partial charge in [-0.25, -0.2) is 18.2 Å². The number of rotatable bonds is 5. The number of benzene rings is 1. The van der Waals surface area contributed by atoms with E-state index in [1.165, 1.54) is 31.4 Å². The van der Waals surface area contributed by atoms with Crippen LogP contribution in [0.2, 0.25) is 5.02 Å². The van der Waals surface area contributed by atoms with Crippen molar-refractivity contribution in [3.63, 3.8) is 0 Å². The summed E-state index contributed by atoms with van der Waals surface area (Å²) in [5.41, 5.74) is 2.85. The molecule has 2 rings (SSSR count). The first-order chi connectivity index (χ1) is 10.8. The summed E-state index contributed by atoms with van der Waals surface area (Å²) in [6.07, 6.45) is -3.13. The van der Waals surface area contributed by atoms with Gasteiger partial charge in [-0.2, -0.15) is 0 Å². The zero-order valence-corrected chi connectivity index (χ0v) is 12.8. The van der Waals surface area contributed by atoms with Gasteiger partial charge in [0.2, 0.25) is 0 Å². The zero-order valence-electron chi connectivity index (χ0n) is 12.1. The Kier molecular flexibility index (Phi) is 5.13. The third kappa shape index (κ3) is 3.26. The molecule has 0 bridgehead atoms. The second-order valence-corrected chi connectivity index (χ2v) is 5.21. The van der Waals surface area contributed by atoms with E-state index in [0.29, 0.717) is 5.56 Å². The molecule has 1 unspecified atom stereocenters. The van der Waals surface area contributed by atoms with Gasteiger partial charge in [0.05, 0.1) is 17.8 Å². The summed E-state index contributed by atoms with van der Waals surface area (Å²) in [7, 11) is 1.37. The van der Waals surface area contributed by atoms with Crippen molar-refractivity contribution in [1.82, 2.24) is 4.98 Å². The van der Waals surface area contributed by atoms with Crippen molar-refractivity contribution in [3.05, 3.63) is 46.9 Å². The molecule has 0 aliphatic heterocycles. The van der Waals surface area contributed by atoms with Gasteiger partial charge in [0.15, 0.2) is 5.60 Å². The first-order valence-electron chi connectivity index (χ1n) is 6.55. The van der Waals surface area contributed by atoms with Gasteiger partial charge in [0.25, 0.3) is 6.43 Å². The summed E-state index contributed by atoms with van der Waals surface area (Å²) in [4.78, 5) is 4.03. The van der Waals surface area contributed by atoms with E-state index in [0.717, 1.165) is 6.07 Å². The fourth-order valence-corrected chi connectivity index (χ4v) is 2.19. The molecule has 0 amide bonds. The first-order valence-corrected chi connectivity index (χ1v) is 6.92. The molecule has 0 radical (unpaired) electrons. The summed E-state index contributed by atoms with van der Waals surface area (Å²) in [6, 6.07) is 6.35. The molecule has 1 aromatic heterocycles. The Labute approximate surface area is 135 Å². The smallest absolute Gasteiger partial charge is 0.273 e. The van der Waals surface area contributed by atoms with E-state index in [9.17, 15) is 18.3 Å². The van der Waals surface area contributed by atoms with Crippen molar-refractivity contribution in [2.24, 2.45) is 5.73 Å². The minimum Gasteiger partial charge on any atom is -0.494 e. The number of nitrogens with two attached hydrogens (primary N) is 1. The summed E-state index contributed by atoms with van der Waals surface area (Å²) in [5.74, 6) is -0.373. The van der Waals surface area contributed by atoms with Gasteiger partial charge in [-0.3, -0.25) is 0 Å². The average molecular weight is 347 g/mol. The monoisotopic (exact) mass is 346 g/mol. The fraction of sp³-hybridized carbons (Fsp3) is 0.267. The van der Waals surface area contributed by atoms with Gasteiger partial charge in [-0.05, 0) is 30.3 Å². The van der Waals surface area contributed by atoms with Crippen LogP contribution in [0, 0.1) is 5.82 Å². The SMILES string of the molecule is COc1ccc(C(O)(CN)C(F)F)nc1-c1ccc(F)c(Cl)c1. The number of hydrogen-bond donors (Lipinski definition) is 2. The Morgan fingerprint density at radius 1 is 1.35 bits per heavy atom. The van der Waals surface area contributed by atoms with Crippen LogP contribution in [0.5, 0.6) is 5.75 Å². The van der Waals surface area contributed by atoms with Crippen LogP contribution in [0.15, 0.2) is 30.3 Å². The van der Waals surface area contributed by atoms with Gasteiger partial charge < -0.3 is 15.6 Å². The number of aliphatic hydroxyl groups is 1. The second-order valence-electron chi connectivity index (χ2n) is 4.81. The first kappa shape index (κ1) is 17.5. The highest BCUT2D eigenvalue weighted by atomic mass is 35.5. The van der Waals surface area contributed by atoms with E-state index in [1.807, 2.05) is 0 Å². The average Bonchev–Trinajstić information content (AvgIpc) is 2.55. The lowest BCUT2D eigenvalue weighted by Gasteiger charge is -2.25. The van der Waals surface area contributed by atoms with E-state index in [-0.39, 0.29) is 22.2 Å². The summed E-state index contributed by atoms with van der Waals surface area (Å²) < 4.78 is 44.7. The van der Waals surface area contributed by atoms with Crippen molar-refractivity contribution < 1.29 is 23.0 Å². The van der Waals surface area contributed by atoms with Gasteiger partial charge in [-0.15, -0.1) is 0 Å². The van der Waals surface area contributed by atoms with Crippen LogP contribution in [0.4, 0.5) is 13.2 Å². The molecule has 0 saturated heterocycles. The summed E-state index contributed by atoms with van der Waals surface area (Å²) >= 11 is 5.73. The molecule has 1 atom stereocenters. The molecule has 0 fully saturated rings. The zero-order chi connectivity index (χ0) is 17.2. The van der Waals surface area contributed by atoms with Gasteiger partial charge >= 0.3 is 0 Å². The molecule has 3 N–H and O–H groups in total. The molecule has 1 aromatic carbocycles. The number of aromatic nitrogens is 1. The lowest BCUT2D eigenvalue weighted by molar-refractivity contribution is -0.0975. The van der Waals surface area contributed by atoms with Gasteiger partial charge in [0.1, 0.15) is 17.3 Å². The Bertz CT molecular complexity index is 715. The number of ether oxygens (including phenoxy) is 1. The van der Waals surface area contributed by atoms with E-state index >= 15 is 0 Å². The number of hydrogen-bond acceptors (Lipinski definition) is 4. The van der Waals surface area contributed by atoms with Gasteiger partial charge in [0, 0.05) is 12.1 Å². The number of halogens is 4. The molecule has 0 aliphatic carbocycles. The molecule has 124 valence electrons. The highest BCUT2D eigenvalue weighted by molar-refractivity contribution is 6.31. The van der Waals surface area contributed by atoms with Crippen molar-refractivity contribution >= 4 is 11.6 Å². The van der Waals surface area contributed by atoms with E-state index in [2.05, 4.69) is 4.98 Å². The third-order valence-electron chi connectivity index (χ3n) is 3.39. The Balaban J connectivity index is 2.62. The number of pyridine rings is 1. The number of methoxy groups -OCH3 is 1. The van der Waals surface area contributed by atoms with Crippen LogP contribution in [0.3, 0.4) is 0 Å². The fourth-order valence-electron chi connectivity index (χ4n) is 2.01. The predicted molar refractivity (Wildman–Crippen MR) is 80.1 cm³/mol. The Morgan fingerprint density at radius 3 is 2.57 bits per heavy atom. The molecule has 23 heavy (non-hydrogen) atoms. The van der Waals surface area contributed by atoms with Crippen molar-refractivity contribution in [3.8, 4) is 17.0 Å². The standard InChI is InChI=1S/C15H14ClF3N2O2/c1-23-11-4-5-12(15(22,7-20)14(18)19)21-13(11)8-2-3-10(17)9(16)6-8/h2-6,14,22H,7,20H2,1H3. The van der Waals surface area contributed by atoms with Crippen LogP contribution in [-0.2, 0) is 5.60 Å². The van der Waals surface area contributed by atoms with Crippen molar-refractivity contribution in [1.29, 1.82) is 0 Å². The predicted octanol–water partition coefficient (Wildman–Crippen LogP) is 2.96. The molecule has 1 heterocycles. The van der Waals surface area contributed by atoms with Crippen molar-refractivity contribution in [2.75, 3.05) is 13.7 Å². The quantitative estimate of drug-likeness (QED) is 0.873. The topological polar surface area (TPSA) is 68.4 Å². The maximum atomic E-state index is 13.3. The van der Waals surface area contributed by atoms with E-state index in [4.69, 9.17) is 22.1 Å². The molecule has 0 saturated carbocycles. The van der Waals surface area contributed by atoms with Crippen LogP contribution < -0.4 is 10.5 Å². The lowest BCUT2D eigenvalue weighted by atomic mass is 9.98. The van der Waals surface area contributed by atoms with Crippen LogP contribution >= 0.6 is 11.6 Å². The third-order valence-corrected chi connectivity index (χ3v) is 3.68. The van der Waals surface area contributed by atoms with Crippen molar-refractivity contribution in [2.45, 2.75) is 12.0 Å². The van der Waals surface area contributed by atoms with Crippen LogP contribution in [0.25, 0.3) is 11.3 Å². The molecular weight excluding hydrogens is 333 g/mol. The number of alkyl halides is 2. The largest absolute Gasteiger partial charge is 0.494 e. The van der Waals surface area contributed by atoms with Crippen LogP contribution in [-0.4, -0.2) is 30.2 Å². The molecule has 0 spiro atoms. The Morgan fingerprint density at radius 2 is 2.04 bits per heavy atom. The Hall–Kier alpha value is -1.83. The minimum absolute atomic E-state index is 0.138. The van der Waals surface area contributed by atoms with E-state index < -0.39 is 24.4 Å². The van der Waals surface area contributed by atoms with E-state index in [1.54, 1.807) is 0 Å². The summed E-state index contributed by atoms with van der Waals surface area (Å²) in [6.45, 7) is -0.715. The maximum absolute atomic E-state index is 13.3. The molecule has 2 aromatic rings. The van der Waals surface area contributed by atoms with Crippen LogP contribution in [0.1, 0.15) is 5.69 Å². The molecular formula is C15H14ClF3N2O2. The lowest BCUT2D eigenvalue weighted by Crippen LogP contribution is -2.42. The second kappa shape index (κ2) is 6.74. The normalized spacial score (nSPS) is 13.9. The summed E-state index contributed by atoms with van der Waals surface area (Å²) in [5, 5.41) is 9.88. The van der Waals surface area contributed by atoms with Gasteiger partial charge in [-0.1, -0.05) is 11.6 Å². The molecule has 8 heteroatoms. The molecule has 4 nitrogen and oxygen atoms in total. The maximum Gasteiger partial charge on any atom is 0.273 e. The minimum atomic E-state index is -3.13. The number of nitrogens with zero attached hydrogens (tertiary/aromatic N) is 1.